The predicted octanol–water partition coefficient (Wildman–Crippen LogP) is 2.96. The van der Waals surface area contributed by atoms with Gasteiger partial charge >= 0.3 is 0 Å². The highest BCUT2D eigenvalue weighted by Crippen LogP contribution is 2.24. The number of pyridine rings is 1. The minimum Gasteiger partial charge on any atom is -0.507 e. The van der Waals surface area contributed by atoms with Crippen LogP contribution in [0.5, 0.6) is 17.2 Å². The maximum absolute atomic E-state index is 12.6. The van der Waals surface area contributed by atoms with Crippen molar-refractivity contribution in [3.63, 3.8) is 0 Å². The number of phenols is 3. The molecule has 4 N–H and O–H groups in total. The molecular weight excluding hydrogens is 392 g/mol. The van der Waals surface area contributed by atoms with Crippen LogP contribution in [0.25, 0.3) is 12.7 Å². The summed E-state index contributed by atoms with van der Waals surface area (Å²) in [5, 5.41) is 34.3. The van der Waals surface area contributed by atoms with Crippen LogP contribution >= 0.6 is 11.6 Å². The second-order valence-electron chi connectivity index (χ2n) is 6.56. The molecule has 0 aliphatic carbocycles. The van der Waals surface area contributed by atoms with Crippen LogP contribution in [0.15, 0.2) is 36.5 Å². The summed E-state index contributed by atoms with van der Waals surface area (Å²) in [6.07, 6.45) is 3.11. The fourth-order valence-electron chi connectivity index (χ4n) is 2.89. The molecule has 0 aliphatic rings. The van der Waals surface area contributed by atoms with Gasteiger partial charge in [-0.3, -0.25) is 4.79 Å². The average molecular weight is 411 g/mol. The minimum atomic E-state index is -0.569. The molecule has 1 amide bonds. The van der Waals surface area contributed by atoms with Crippen molar-refractivity contribution >= 4 is 35.9 Å². The number of halogens is 1. The van der Waals surface area contributed by atoms with Crippen LogP contribution in [-0.2, 0) is 0 Å². The first kappa shape index (κ1) is 20.2. The topological polar surface area (TPSA) is 103 Å². The molecule has 0 saturated heterocycles. The third-order valence-corrected chi connectivity index (χ3v) is 4.99. The number of carbonyl (C=O) groups is 1. The highest BCUT2D eigenvalue weighted by atomic mass is 35.5. The summed E-state index contributed by atoms with van der Waals surface area (Å²) >= 11 is 5.96. The number of hydrogen-bond acceptors (Lipinski definition) is 5. The average Bonchev–Trinajstić information content (AvgIpc) is 2.71. The van der Waals surface area contributed by atoms with Gasteiger partial charge in [-0.05, 0) is 49.8 Å². The summed E-state index contributed by atoms with van der Waals surface area (Å²) in [5.74, 6) is -0.797. The van der Waals surface area contributed by atoms with Gasteiger partial charge in [-0.25, -0.2) is 4.98 Å². The monoisotopic (exact) mass is 410 g/mol. The Bertz CT molecular complexity index is 1200. The molecule has 6 nitrogen and oxygen atoms in total. The van der Waals surface area contributed by atoms with Crippen molar-refractivity contribution in [1.82, 2.24) is 4.98 Å². The quantitative estimate of drug-likeness (QED) is 0.392. The molecule has 29 heavy (non-hydrogen) atoms. The smallest absolute Gasteiger partial charge is 0.259 e. The molecule has 0 fully saturated rings. The minimum absolute atomic E-state index is 0.00508. The summed E-state index contributed by atoms with van der Waals surface area (Å²) in [5.41, 5.74) is 1.79. The van der Waals surface area contributed by atoms with E-state index in [-0.39, 0.29) is 28.0 Å². The van der Waals surface area contributed by atoms with E-state index in [4.69, 9.17) is 11.6 Å². The Morgan fingerprint density at radius 1 is 1.14 bits per heavy atom. The molecule has 148 valence electrons. The predicted molar refractivity (Wildman–Crippen MR) is 113 cm³/mol. The van der Waals surface area contributed by atoms with E-state index in [2.05, 4.69) is 16.9 Å². The Morgan fingerprint density at radius 2 is 1.86 bits per heavy atom. The van der Waals surface area contributed by atoms with Crippen molar-refractivity contribution in [2.75, 3.05) is 5.32 Å². The molecule has 0 aliphatic heterocycles. The largest absolute Gasteiger partial charge is 0.507 e. The molecule has 0 spiro atoms. The van der Waals surface area contributed by atoms with Crippen LogP contribution in [0, 0.1) is 13.8 Å². The van der Waals surface area contributed by atoms with Gasteiger partial charge in [0.15, 0.2) is 5.15 Å². The molecule has 0 bridgehead atoms. The number of phenolic OH excluding ortho intramolecular Hbond substituents is 3. The number of nitrogens with zero attached hydrogens (tertiary/aromatic N) is 1. The molecule has 2 aromatic carbocycles. The normalized spacial score (nSPS) is 11.5. The van der Waals surface area contributed by atoms with Crippen molar-refractivity contribution < 1.29 is 20.1 Å². The van der Waals surface area contributed by atoms with Gasteiger partial charge in [0.2, 0.25) is 0 Å². The van der Waals surface area contributed by atoms with E-state index in [0.717, 1.165) is 0 Å². The lowest BCUT2D eigenvalue weighted by Gasteiger charge is -2.10. The molecule has 0 unspecified atom stereocenters. The van der Waals surface area contributed by atoms with E-state index >= 15 is 0 Å². The van der Waals surface area contributed by atoms with Gasteiger partial charge in [-0.2, -0.15) is 0 Å². The van der Waals surface area contributed by atoms with E-state index in [1.165, 1.54) is 18.3 Å². The van der Waals surface area contributed by atoms with Crippen LogP contribution in [0.2, 0.25) is 5.15 Å². The lowest BCUT2D eigenvalue weighted by molar-refractivity contribution is 0.102. The highest BCUT2D eigenvalue weighted by molar-refractivity contribution is 6.32. The molecule has 0 atom stereocenters. The number of aromatic nitrogens is 1. The van der Waals surface area contributed by atoms with Crippen molar-refractivity contribution in [3.8, 4) is 17.2 Å². The standard InChI is InChI=1S/C22H19ClN2O4/c1-11-12(2)20(28)15(13(3)19(11)27)9-14-6-7-18(26)16(10-14)22(29)25-17-5-4-8-24-21(17)23/h4-10,26-28H,1H2,2-3H3,(H,25,29). The van der Waals surface area contributed by atoms with Crippen molar-refractivity contribution in [3.05, 3.63) is 74.4 Å². The fourth-order valence-corrected chi connectivity index (χ4v) is 3.06. The molecule has 1 aromatic heterocycles. The van der Waals surface area contributed by atoms with Gasteiger partial charge in [-0.1, -0.05) is 24.2 Å². The summed E-state index contributed by atoms with van der Waals surface area (Å²) in [7, 11) is 0. The Kier molecular flexibility index (Phi) is 5.48. The van der Waals surface area contributed by atoms with Crippen molar-refractivity contribution in [2.45, 2.75) is 13.8 Å². The molecule has 1 heterocycles. The number of carbonyl (C=O) groups excluding carboxylic acids is 1. The molecule has 0 radical (unpaired) electrons. The third kappa shape index (κ3) is 3.88. The Labute approximate surface area is 172 Å². The van der Waals surface area contributed by atoms with E-state index in [0.29, 0.717) is 32.8 Å². The van der Waals surface area contributed by atoms with Crippen molar-refractivity contribution in [1.29, 1.82) is 0 Å². The lowest BCUT2D eigenvalue weighted by Crippen LogP contribution is -2.17. The lowest BCUT2D eigenvalue weighted by atomic mass is 10.0. The van der Waals surface area contributed by atoms with Gasteiger partial charge < -0.3 is 20.6 Å². The van der Waals surface area contributed by atoms with Gasteiger partial charge in [0.25, 0.3) is 5.91 Å². The first-order valence-electron chi connectivity index (χ1n) is 8.67. The number of benzene rings is 2. The molecular formula is C22H19ClN2O4. The highest BCUT2D eigenvalue weighted by Gasteiger charge is 2.14. The van der Waals surface area contributed by atoms with Crippen LogP contribution in [-0.4, -0.2) is 26.2 Å². The van der Waals surface area contributed by atoms with E-state index in [1.54, 1.807) is 38.1 Å². The number of hydrogen-bond donors (Lipinski definition) is 4. The van der Waals surface area contributed by atoms with Crippen LogP contribution in [0.1, 0.15) is 27.0 Å². The molecule has 7 heteroatoms. The van der Waals surface area contributed by atoms with E-state index in [1.807, 2.05) is 0 Å². The van der Waals surface area contributed by atoms with Gasteiger partial charge in [-0.15, -0.1) is 0 Å². The second-order valence-corrected chi connectivity index (χ2v) is 6.91. The maximum atomic E-state index is 12.6. The molecule has 0 saturated carbocycles. The SMILES string of the molecule is C=c1c(C)c(O)c(=Cc2ccc(O)c(C(=O)Nc3cccnc3Cl)c2)c(C)c1O. The summed E-state index contributed by atoms with van der Waals surface area (Å²) < 4.78 is 0. The fraction of sp³-hybridized carbons (Fsp3) is 0.0909. The Morgan fingerprint density at radius 3 is 2.55 bits per heavy atom. The van der Waals surface area contributed by atoms with Gasteiger partial charge in [0, 0.05) is 27.8 Å². The number of aromatic hydroxyl groups is 3. The van der Waals surface area contributed by atoms with Crippen molar-refractivity contribution in [2.24, 2.45) is 0 Å². The number of anilines is 1. The number of amides is 1. The molecule has 3 rings (SSSR count). The zero-order chi connectivity index (χ0) is 21.3. The first-order chi connectivity index (χ1) is 13.7. The summed E-state index contributed by atoms with van der Waals surface area (Å²) in [6.45, 7) is 7.07. The van der Waals surface area contributed by atoms with Crippen LogP contribution in [0.4, 0.5) is 5.69 Å². The number of rotatable bonds is 3. The molecule has 3 aromatic rings. The zero-order valence-corrected chi connectivity index (χ0v) is 16.6. The summed E-state index contributed by atoms with van der Waals surface area (Å²) in [4.78, 5) is 16.5. The number of nitrogens with one attached hydrogen (secondary N) is 1. The van der Waals surface area contributed by atoms with E-state index in [9.17, 15) is 20.1 Å². The van der Waals surface area contributed by atoms with Gasteiger partial charge in [0.1, 0.15) is 17.2 Å². The third-order valence-electron chi connectivity index (χ3n) is 4.69. The maximum Gasteiger partial charge on any atom is 0.259 e. The zero-order valence-electron chi connectivity index (χ0n) is 15.8. The Hall–Kier alpha value is -3.51. The Balaban J connectivity index is 2.07. The first-order valence-corrected chi connectivity index (χ1v) is 9.05. The van der Waals surface area contributed by atoms with E-state index < -0.39 is 5.91 Å². The van der Waals surface area contributed by atoms with Crippen LogP contribution in [0.3, 0.4) is 0 Å². The summed E-state index contributed by atoms with van der Waals surface area (Å²) in [6, 6.07) is 7.65. The second kappa shape index (κ2) is 7.85. The van der Waals surface area contributed by atoms with Crippen LogP contribution < -0.4 is 15.8 Å². The van der Waals surface area contributed by atoms with Gasteiger partial charge in [0.05, 0.1) is 11.3 Å².